The SMILES string of the molecule is O=C(NCC1(CCO)CC1)c1ncccc1O. The second-order valence-corrected chi connectivity index (χ2v) is 4.53. The lowest BCUT2D eigenvalue weighted by molar-refractivity contribution is 0.0933. The topological polar surface area (TPSA) is 82.5 Å². The Labute approximate surface area is 99.5 Å². The summed E-state index contributed by atoms with van der Waals surface area (Å²) in [5.74, 6) is -0.482. The normalized spacial score (nSPS) is 16.5. The van der Waals surface area contributed by atoms with Crippen LogP contribution in [0.2, 0.25) is 0 Å². The minimum absolute atomic E-state index is 0.0484. The molecule has 1 amide bonds. The van der Waals surface area contributed by atoms with Gasteiger partial charge in [0.05, 0.1) is 0 Å². The quantitative estimate of drug-likeness (QED) is 0.702. The van der Waals surface area contributed by atoms with Crippen molar-refractivity contribution in [3.8, 4) is 5.75 Å². The lowest BCUT2D eigenvalue weighted by Crippen LogP contribution is -2.31. The molecule has 1 saturated carbocycles. The van der Waals surface area contributed by atoms with Gasteiger partial charge in [0.1, 0.15) is 5.75 Å². The Hall–Kier alpha value is -1.62. The standard InChI is InChI=1S/C12H16N2O3/c15-7-5-12(3-4-12)8-14-11(17)10-9(16)2-1-6-13-10/h1-2,6,15-16H,3-5,7-8H2,(H,14,17). The summed E-state index contributed by atoms with van der Waals surface area (Å²) < 4.78 is 0. The van der Waals surface area contributed by atoms with Crippen molar-refractivity contribution in [2.75, 3.05) is 13.2 Å². The maximum atomic E-state index is 11.7. The third kappa shape index (κ3) is 2.74. The minimum atomic E-state index is -0.368. The summed E-state index contributed by atoms with van der Waals surface area (Å²) in [7, 11) is 0. The number of nitrogens with one attached hydrogen (secondary N) is 1. The molecule has 0 atom stereocenters. The number of aliphatic hydroxyl groups excluding tert-OH is 1. The predicted molar refractivity (Wildman–Crippen MR) is 61.6 cm³/mol. The van der Waals surface area contributed by atoms with Crippen LogP contribution in [-0.2, 0) is 0 Å². The first-order valence-corrected chi connectivity index (χ1v) is 5.70. The van der Waals surface area contributed by atoms with Crippen LogP contribution in [0.3, 0.4) is 0 Å². The number of aliphatic hydroxyl groups is 1. The van der Waals surface area contributed by atoms with Crippen LogP contribution >= 0.6 is 0 Å². The highest BCUT2D eigenvalue weighted by atomic mass is 16.3. The van der Waals surface area contributed by atoms with Crippen molar-refractivity contribution < 1.29 is 15.0 Å². The Morgan fingerprint density at radius 2 is 2.29 bits per heavy atom. The predicted octanol–water partition coefficient (Wildman–Crippen LogP) is 0.680. The highest BCUT2D eigenvalue weighted by Crippen LogP contribution is 2.47. The lowest BCUT2D eigenvalue weighted by atomic mass is 10.0. The fourth-order valence-corrected chi connectivity index (χ4v) is 1.85. The van der Waals surface area contributed by atoms with Crippen molar-refractivity contribution in [1.82, 2.24) is 10.3 Å². The van der Waals surface area contributed by atoms with Crippen LogP contribution in [-0.4, -0.2) is 34.3 Å². The van der Waals surface area contributed by atoms with Crippen molar-refractivity contribution in [2.24, 2.45) is 5.41 Å². The molecular weight excluding hydrogens is 220 g/mol. The number of aromatic nitrogens is 1. The monoisotopic (exact) mass is 236 g/mol. The van der Waals surface area contributed by atoms with Gasteiger partial charge in [-0.05, 0) is 36.8 Å². The van der Waals surface area contributed by atoms with E-state index < -0.39 is 0 Å². The molecule has 0 radical (unpaired) electrons. The molecule has 0 bridgehead atoms. The number of hydrogen-bond donors (Lipinski definition) is 3. The smallest absolute Gasteiger partial charge is 0.273 e. The molecule has 1 aromatic heterocycles. The van der Waals surface area contributed by atoms with Crippen LogP contribution < -0.4 is 5.32 Å². The molecule has 0 aromatic carbocycles. The molecule has 1 aliphatic carbocycles. The van der Waals surface area contributed by atoms with Gasteiger partial charge in [-0.25, -0.2) is 4.98 Å². The third-order valence-corrected chi connectivity index (χ3v) is 3.22. The summed E-state index contributed by atoms with van der Waals surface area (Å²) in [6, 6.07) is 3.00. The van der Waals surface area contributed by atoms with Gasteiger partial charge in [0, 0.05) is 19.3 Å². The molecule has 2 rings (SSSR count). The van der Waals surface area contributed by atoms with Gasteiger partial charge in [0.15, 0.2) is 5.69 Å². The molecule has 92 valence electrons. The molecule has 1 aromatic rings. The maximum absolute atomic E-state index is 11.7. The van der Waals surface area contributed by atoms with E-state index in [-0.39, 0.29) is 29.4 Å². The van der Waals surface area contributed by atoms with E-state index in [1.54, 1.807) is 6.07 Å². The van der Waals surface area contributed by atoms with Crippen molar-refractivity contribution in [1.29, 1.82) is 0 Å². The number of carbonyl (C=O) groups is 1. The average Bonchev–Trinajstić information content (AvgIpc) is 3.08. The zero-order valence-corrected chi connectivity index (χ0v) is 9.52. The third-order valence-electron chi connectivity index (χ3n) is 3.22. The molecule has 0 unspecified atom stereocenters. The summed E-state index contributed by atoms with van der Waals surface area (Å²) in [5.41, 5.74) is 0.113. The molecule has 1 fully saturated rings. The van der Waals surface area contributed by atoms with E-state index in [0.717, 1.165) is 12.8 Å². The van der Waals surface area contributed by atoms with Gasteiger partial charge in [0.2, 0.25) is 0 Å². The number of nitrogens with zero attached hydrogens (tertiary/aromatic N) is 1. The van der Waals surface area contributed by atoms with Gasteiger partial charge in [-0.1, -0.05) is 0 Å². The Kier molecular flexibility index (Phi) is 3.28. The lowest BCUT2D eigenvalue weighted by Gasteiger charge is -2.14. The molecule has 5 nitrogen and oxygen atoms in total. The van der Waals surface area contributed by atoms with E-state index in [4.69, 9.17) is 5.11 Å². The number of carbonyl (C=O) groups excluding carboxylic acids is 1. The molecule has 1 aliphatic rings. The van der Waals surface area contributed by atoms with E-state index in [9.17, 15) is 9.90 Å². The second kappa shape index (κ2) is 4.71. The van der Waals surface area contributed by atoms with Gasteiger partial charge >= 0.3 is 0 Å². The minimum Gasteiger partial charge on any atom is -0.505 e. The fraction of sp³-hybridized carbons (Fsp3) is 0.500. The van der Waals surface area contributed by atoms with Gasteiger partial charge in [-0.2, -0.15) is 0 Å². The van der Waals surface area contributed by atoms with Crippen LogP contribution in [0.4, 0.5) is 0 Å². The van der Waals surface area contributed by atoms with Gasteiger partial charge in [0.25, 0.3) is 5.91 Å². The van der Waals surface area contributed by atoms with Crippen molar-refractivity contribution >= 4 is 5.91 Å². The Morgan fingerprint density at radius 1 is 1.53 bits per heavy atom. The van der Waals surface area contributed by atoms with Crippen LogP contribution in [0.15, 0.2) is 18.3 Å². The first-order valence-electron chi connectivity index (χ1n) is 5.70. The Morgan fingerprint density at radius 3 is 2.88 bits per heavy atom. The first kappa shape index (κ1) is 11.9. The van der Waals surface area contributed by atoms with Crippen molar-refractivity contribution in [3.05, 3.63) is 24.0 Å². The van der Waals surface area contributed by atoms with E-state index >= 15 is 0 Å². The molecule has 0 saturated heterocycles. The zero-order chi connectivity index (χ0) is 12.3. The highest BCUT2D eigenvalue weighted by Gasteiger charge is 2.42. The van der Waals surface area contributed by atoms with Gasteiger partial charge in [-0.15, -0.1) is 0 Å². The van der Waals surface area contributed by atoms with Gasteiger partial charge < -0.3 is 15.5 Å². The van der Waals surface area contributed by atoms with E-state index in [0.29, 0.717) is 13.0 Å². The number of hydrogen-bond acceptors (Lipinski definition) is 4. The summed E-state index contributed by atoms with van der Waals surface area (Å²) in [5, 5.41) is 21.1. The zero-order valence-electron chi connectivity index (χ0n) is 9.52. The van der Waals surface area contributed by atoms with Crippen molar-refractivity contribution in [3.63, 3.8) is 0 Å². The Bertz CT molecular complexity index is 416. The molecule has 5 heteroatoms. The van der Waals surface area contributed by atoms with E-state index in [1.165, 1.54) is 12.3 Å². The molecule has 17 heavy (non-hydrogen) atoms. The van der Waals surface area contributed by atoms with Crippen LogP contribution in [0, 0.1) is 5.41 Å². The highest BCUT2D eigenvalue weighted by molar-refractivity contribution is 5.94. The van der Waals surface area contributed by atoms with Crippen LogP contribution in [0.1, 0.15) is 29.8 Å². The number of rotatable bonds is 5. The first-order chi connectivity index (χ1) is 8.17. The molecule has 0 aliphatic heterocycles. The summed E-state index contributed by atoms with van der Waals surface area (Å²) in [6.45, 7) is 0.674. The Balaban J connectivity index is 1.92. The largest absolute Gasteiger partial charge is 0.505 e. The molecule has 0 spiro atoms. The van der Waals surface area contributed by atoms with Crippen molar-refractivity contribution in [2.45, 2.75) is 19.3 Å². The van der Waals surface area contributed by atoms with E-state index in [2.05, 4.69) is 10.3 Å². The summed E-state index contributed by atoms with van der Waals surface area (Å²) >= 11 is 0. The second-order valence-electron chi connectivity index (χ2n) is 4.53. The maximum Gasteiger partial charge on any atom is 0.273 e. The number of amides is 1. The number of aromatic hydroxyl groups is 1. The number of pyridine rings is 1. The van der Waals surface area contributed by atoms with Crippen LogP contribution in [0.5, 0.6) is 5.75 Å². The summed E-state index contributed by atoms with van der Waals surface area (Å²) in [4.78, 5) is 15.6. The summed E-state index contributed by atoms with van der Waals surface area (Å²) in [6.07, 6.45) is 4.24. The molecular formula is C12H16N2O3. The average molecular weight is 236 g/mol. The van der Waals surface area contributed by atoms with Gasteiger partial charge in [-0.3, -0.25) is 4.79 Å². The molecule has 3 N–H and O–H groups in total. The van der Waals surface area contributed by atoms with E-state index in [1.807, 2.05) is 0 Å². The molecule has 1 heterocycles. The fourth-order valence-electron chi connectivity index (χ4n) is 1.85. The van der Waals surface area contributed by atoms with Crippen LogP contribution in [0.25, 0.3) is 0 Å².